The lowest BCUT2D eigenvalue weighted by Crippen LogP contribution is -2.21. The molecule has 0 aromatic carbocycles. The Morgan fingerprint density at radius 2 is 1.64 bits per heavy atom. The molecule has 0 bridgehead atoms. The summed E-state index contributed by atoms with van der Waals surface area (Å²) in [6.45, 7) is 0. The molecular formula is C13H22O. The molecule has 0 heterocycles. The van der Waals surface area contributed by atoms with E-state index in [9.17, 15) is 5.11 Å². The molecule has 0 aromatic heterocycles. The predicted molar refractivity (Wildman–Crippen MR) is 56.9 cm³/mol. The second kappa shape index (κ2) is 3.52. The monoisotopic (exact) mass is 194 g/mol. The number of hydrogen-bond donors (Lipinski definition) is 1. The molecule has 0 saturated heterocycles. The average molecular weight is 194 g/mol. The van der Waals surface area contributed by atoms with Gasteiger partial charge in [-0.3, -0.25) is 0 Å². The van der Waals surface area contributed by atoms with Gasteiger partial charge in [-0.05, 0) is 49.4 Å². The van der Waals surface area contributed by atoms with Crippen molar-refractivity contribution in [1.29, 1.82) is 0 Å². The lowest BCUT2D eigenvalue weighted by molar-refractivity contribution is 0.0791. The van der Waals surface area contributed by atoms with Crippen LogP contribution in [0.1, 0.15) is 51.4 Å². The Morgan fingerprint density at radius 1 is 1.00 bits per heavy atom. The Labute approximate surface area is 86.9 Å². The van der Waals surface area contributed by atoms with Crippen molar-refractivity contribution in [1.82, 2.24) is 0 Å². The standard InChI is InChI=1S/C13H22O/c14-13(5-9-3-1-2-4-9)12-7-10-6-11(10)8-12/h9-14H,1-8H2. The van der Waals surface area contributed by atoms with E-state index in [1.165, 1.54) is 44.9 Å². The highest BCUT2D eigenvalue weighted by molar-refractivity contribution is 4.98. The molecule has 0 aromatic rings. The van der Waals surface area contributed by atoms with Crippen molar-refractivity contribution in [3.63, 3.8) is 0 Å². The Kier molecular flexibility index (Phi) is 2.31. The molecule has 3 rings (SSSR count). The van der Waals surface area contributed by atoms with Crippen LogP contribution in [0.4, 0.5) is 0 Å². The van der Waals surface area contributed by atoms with Crippen LogP contribution < -0.4 is 0 Å². The van der Waals surface area contributed by atoms with E-state index >= 15 is 0 Å². The van der Waals surface area contributed by atoms with Gasteiger partial charge in [-0.2, -0.15) is 0 Å². The summed E-state index contributed by atoms with van der Waals surface area (Å²) in [4.78, 5) is 0. The first kappa shape index (κ1) is 9.21. The molecule has 1 nitrogen and oxygen atoms in total. The van der Waals surface area contributed by atoms with Crippen LogP contribution in [-0.4, -0.2) is 11.2 Å². The van der Waals surface area contributed by atoms with Crippen LogP contribution in [0.2, 0.25) is 0 Å². The number of fused-ring (bicyclic) bond motifs is 1. The average Bonchev–Trinajstić information content (AvgIpc) is 2.68. The molecule has 3 atom stereocenters. The van der Waals surface area contributed by atoms with Gasteiger partial charge in [0, 0.05) is 0 Å². The zero-order valence-corrected chi connectivity index (χ0v) is 8.99. The minimum atomic E-state index is 0.0471. The van der Waals surface area contributed by atoms with Crippen molar-refractivity contribution in [2.24, 2.45) is 23.7 Å². The Bertz CT molecular complexity index is 197. The highest BCUT2D eigenvalue weighted by atomic mass is 16.3. The van der Waals surface area contributed by atoms with Crippen molar-refractivity contribution in [3.05, 3.63) is 0 Å². The number of rotatable bonds is 3. The molecule has 0 spiro atoms. The van der Waals surface area contributed by atoms with E-state index in [2.05, 4.69) is 0 Å². The van der Waals surface area contributed by atoms with Gasteiger partial charge in [-0.15, -0.1) is 0 Å². The smallest absolute Gasteiger partial charge is 0.0571 e. The molecule has 3 fully saturated rings. The second-order valence-corrected chi connectivity index (χ2v) is 5.94. The maximum Gasteiger partial charge on any atom is 0.0571 e. The summed E-state index contributed by atoms with van der Waals surface area (Å²) in [7, 11) is 0. The van der Waals surface area contributed by atoms with E-state index in [1.54, 1.807) is 0 Å². The zero-order chi connectivity index (χ0) is 9.54. The molecule has 0 radical (unpaired) electrons. The lowest BCUT2D eigenvalue weighted by Gasteiger charge is -2.22. The summed E-state index contributed by atoms with van der Waals surface area (Å²) in [6, 6.07) is 0. The molecule has 0 aliphatic heterocycles. The second-order valence-electron chi connectivity index (χ2n) is 5.94. The maximum absolute atomic E-state index is 10.1. The van der Waals surface area contributed by atoms with Crippen LogP contribution in [-0.2, 0) is 0 Å². The third-order valence-electron chi connectivity index (χ3n) is 4.87. The van der Waals surface area contributed by atoms with Gasteiger partial charge in [0.25, 0.3) is 0 Å². The summed E-state index contributed by atoms with van der Waals surface area (Å²) in [5.74, 6) is 3.60. The summed E-state index contributed by atoms with van der Waals surface area (Å²) < 4.78 is 0. The maximum atomic E-state index is 10.1. The van der Waals surface area contributed by atoms with Gasteiger partial charge >= 0.3 is 0 Å². The molecule has 0 amide bonds. The summed E-state index contributed by atoms with van der Waals surface area (Å²) in [5.41, 5.74) is 0. The Morgan fingerprint density at radius 3 is 2.29 bits per heavy atom. The van der Waals surface area contributed by atoms with Gasteiger partial charge in [0.05, 0.1) is 6.10 Å². The highest BCUT2D eigenvalue weighted by Gasteiger charge is 2.47. The molecule has 3 aliphatic rings. The first-order chi connectivity index (χ1) is 6.83. The van der Waals surface area contributed by atoms with Gasteiger partial charge in [0.1, 0.15) is 0 Å². The number of aliphatic hydroxyl groups excluding tert-OH is 1. The quantitative estimate of drug-likeness (QED) is 0.732. The Balaban J connectivity index is 1.47. The van der Waals surface area contributed by atoms with Crippen molar-refractivity contribution >= 4 is 0 Å². The van der Waals surface area contributed by atoms with E-state index in [0.29, 0.717) is 5.92 Å². The van der Waals surface area contributed by atoms with Crippen LogP contribution >= 0.6 is 0 Å². The summed E-state index contributed by atoms with van der Waals surface area (Å²) in [5, 5.41) is 10.1. The minimum absolute atomic E-state index is 0.0471. The van der Waals surface area contributed by atoms with Gasteiger partial charge in [-0.1, -0.05) is 25.7 Å². The van der Waals surface area contributed by atoms with Crippen LogP contribution in [0, 0.1) is 23.7 Å². The van der Waals surface area contributed by atoms with E-state index in [4.69, 9.17) is 0 Å². The van der Waals surface area contributed by atoms with Crippen LogP contribution in [0.15, 0.2) is 0 Å². The van der Waals surface area contributed by atoms with Crippen molar-refractivity contribution in [2.45, 2.75) is 57.5 Å². The number of aliphatic hydroxyl groups is 1. The van der Waals surface area contributed by atoms with E-state index < -0.39 is 0 Å². The highest BCUT2D eigenvalue weighted by Crippen LogP contribution is 2.55. The molecule has 3 unspecified atom stereocenters. The largest absolute Gasteiger partial charge is 0.393 e. The third kappa shape index (κ3) is 1.71. The van der Waals surface area contributed by atoms with Crippen molar-refractivity contribution in [3.8, 4) is 0 Å². The fourth-order valence-electron chi connectivity index (χ4n) is 3.86. The molecule has 3 saturated carbocycles. The van der Waals surface area contributed by atoms with Crippen LogP contribution in [0.25, 0.3) is 0 Å². The van der Waals surface area contributed by atoms with Gasteiger partial charge in [0.15, 0.2) is 0 Å². The molecule has 3 aliphatic carbocycles. The van der Waals surface area contributed by atoms with Crippen molar-refractivity contribution in [2.75, 3.05) is 0 Å². The van der Waals surface area contributed by atoms with Crippen LogP contribution in [0.3, 0.4) is 0 Å². The molecular weight excluding hydrogens is 172 g/mol. The lowest BCUT2D eigenvalue weighted by atomic mass is 9.89. The van der Waals surface area contributed by atoms with Crippen LogP contribution in [0.5, 0.6) is 0 Å². The third-order valence-corrected chi connectivity index (χ3v) is 4.87. The van der Waals surface area contributed by atoms with E-state index in [1.807, 2.05) is 0 Å². The van der Waals surface area contributed by atoms with E-state index in [0.717, 1.165) is 24.2 Å². The first-order valence-electron chi connectivity index (χ1n) is 6.51. The topological polar surface area (TPSA) is 20.2 Å². The zero-order valence-electron chi connectivity index (χ0n) is 8.99. The number of hydrogen-bond acceptors (Lipinski definition) is 1. The summed E-state index contributed by atoms with van der Waals surface area (Å²) in [6.07, 6.45) is 10.9. The summed E-state index contributed by atoms with van der Waals surface area (Å²) >= 11 is 0. The SMILES string of the molecule is OC(CC1CCCC1)C1CC2CC2C1. The molecule has 80 valence electrons. The Hall–Kier alpha value is -0.0400. The van der Waals surface area contributed by atoms with Gasteiger partial charge in [0.2, 0.25) is 0 Å². The first-order valence-corrected chi connectivity index (χ1v) is 6.51. The molecule has 1 N–H and O–H groups in total. The fraction of sp³-hybridized carbons (Fsp3) is 1.00. The van der Waals surface area contributed by atoms with Gasteiger partial charge in [-0.25, -0.2) is 0 Å². The van der Waals surface area contributed by atoms with Crippen molar-refractivity contribution < 1.29 is 5.11 Å². The minimum Gasteiger partial charge on any atom is -0.393 e. The van der Waals surface area contributed by atoms with E-state index in [-0.39, 0.29) is 6.10 Å². The normalized spacial score (nSPS) is 43.9. The fourth-order valence-corrected chi connectivity index (χ4v) is 3.86. The predicted octanol–water partition coefficient (Wildman–Crippen LogP) is 2.97. The molecule has 1 heteroatoms. The molecule has 14 heavy (non-hydrogen) atoms. The van der Waals surface area contributed by atoms with Gasteiger partial charge < -0.3 is 5.11 Å².